The number of imidazole rings is 1. The van der Waals surface area contributed by atoms with E-state index in [2.05, 4.69) is 19.9 Å². The summed E-state index contributed by atoms with van der Waals surface area (Å²) < 4.78 is 12.3. The molecule has 2 aromatic rings. The molecule has 3 rings (SSSR count). The standard InChI is InChI=1S/C16H24N6O3/c1-12(2)8-25-16(23)21-6-4-20(5-7-21)14-13-15(18-9-17-14)22(10-19-13)11-24-3/h9-10,12H,4-8,11H2,1-3H3. The lowest BCUT2D eigenvalue weighted by Crippen LogP contribution is -2.49. The van der Waals surface area contributed by atoms with Gasteiger partial charge in [-0.25, -0.2) is 19.7 Å². The second-order valence-electron chi connectivity index (χ2n) is 6.45. The molecule has 1 aliphatic heterocycles. The van der Waals surface area contributed by atoms with Gasteiger partial charge < -0.3 is 19.3 Å². The number of methoxy groups -OCH3 is 1. The largest absolute Gasteiger partial charge is 0.449 e. The molecule has 0 bridgehead atoms. The first-order valence-electron chi connectivity index (χ1n) is 8.41. The third kappa shape index (κ3) is 3.81. The molecule has 3 heterocycles. The molecule has 25 heavy (non-hydrogen) atoms. The average molecular weight is 348 g/mol. The molecule has 0 N–H and O–H groups in total. The molecular weight excluding hydrogens is 324 g/mol. The fourth-order valence-electron chi connectivity index (χ4n) is 2.76. The van der Waals surface area contributed by atoms with Crippen molar-refractivity contribution in [3.63, 3.8) is 0 Å². The lowest BCUT2D eigenvalue weighted by atomic mass is 10.2. The minimum absolute atomic E-state index is 0.245. The van der Waals surface area contributed by atoms with Crippen LogP contribution in [0, 0.1) is 5.92 Å². The topological polar surface area (TPSA) is 85.6 Å². The van der Waals surface area contributed by atoms with Crippen molar-refractivity contribution in [2.24, 2.45) is 5.92 Å². The van der Waals surface area contributed by atoms with E-state index in [1.54, 1.807) is 18.3 Å². The summed E-state index contributed by atoms with van der Waals surface area (Å²) >= 11 is 0. The molecule has 9 nitrogen and oxygen atoms in total. The molecule has 0 aliphatic carbocycles. The number of hydrogen-bond donors (Lipinski definition) is 0. The van der Waals surface area contributed by atoms with E-state index in [1.807, 2.05) is 18.4 Å². The van der Waals surface area contributed by atoms with Crippen molar-refractivity contribution in [2.75, 3.05) is 44.8 Å². The minimum atomic E-state index is -0.245. The van der Waals surface area contributed by atoms with E-state index in [9.17, 15) is 4.79 Å². The lowest BCUT2D eigenvalue weighted by molar-refractivity contribution is 0.0901. The maximum atomic E-state index is 12.1. The predicted octanol–water partition coefficient (Wildman–Crippen LogP) is 1.34. The van der Waals surface area contributed by atoms with Crippen molar-refractivity contribution in [2.45, 2.75) is 20.6 Å². The van der Waals surface area contributed by atoms with Crippen LogP contribution in [0.2, 0.25) is 0 Å². The molecule has 0 atom stereocenters. The van der Waals surface area contributed by atoms with Crippen LogP contribution in [0.1, 0.15) is 13.8 Å². The van der Waals surface area contributed by atoms with Gasteiger partial charge >= 0.3 is 6.09 Å². The van der Waals surface area contributed by atoms with Crippen molar-refractivity contribution in [3.05, 3.63) is 12.7 Å². The zero-order chi connectivity index (χ0) is 17.8. The van der Waals surface area contributed by atoms with Gasteiger partial charge in [-0.05, 0) is 5.92 Å². The zero-order valence-corrected chi connectivity index (χ0v) is 14.9. The summed E-state index contributed by atoms with van der Waals surface area (Å²) in [5.41, 5.74) is 1.49. The number of carbonyl (C=O) groups excluding carboxylic acids is 1. The van der Waals surface area contributed by atoms with Crippen LogP contribution in [-0.2, 0) is 16.2 Å². The quantitative estimate of drug-likeness (QED) is 0.806. The van der Waals surface area contributed by atoms with Gasteiger partial charge in [0.2, 0.25) is 0 Å². The SMILES string of the molecule is COCn1cnc2c(N3CCN(C(=O)OCC(C)C)CC3)ncnc21. The Bertz CT molecular complexity index is 724. The number of rotatable bonds is 5. The number of ether oxygens (including phenoxy) is 2. The maximum absolute atomic E-state index is 12.1. The highest BCUT2D eigenvalue weighted by Crippen LogP contribution is 2.22. The molecule has 9 heteroatoms. The van der Waals surface area contributed by atoms with Gasteiger partial charge in [0.15, 0.2) is 17.0 Å². The Morgan fingerprint density at radius 1 is 1.20 bits per heavy atom. The van der Waals surface area contributed by atoms with Crippen LogP contribution >= 0.6 is 0 Å². The van der Waals surface area contributed by atoms with Gasteiger partial charge in [-0.1, -0.05) is 13.8 Å². The number of anilines is 1. The van der Waals surface area contributed by atoms with E-state index >= 15 is 0 Å². The molecule has 136 valence electrons. The van der Waals surface area contributed by atoms with E-state index in [4.69, 9.17) is 9.47 Å². The summed E-state index contributed by atoms with van der Waals surface area (Å²) in [7, 11) is 1.63. The van der Waals surface area contributed by atoms with E-state index in [1.165, 1.54) is 6.33 Å². The normalized spacial score (nSPS) is 15.2. The van der Waals surface area contributed by atoms with Crippen LogP contribution < -0.4 is 4.90 Å². The van der Waals surface area contributed by atoms with Gasteiger partial charge in [0, 0.05) is 33.3 Å². The van der Waals surface area contributed by atoms with Crippen LogP contribution in [0.3, 0.4) is 0 Å². The van der Waals surface area contributed by atoms with E-state index in [0.717, 1.165) is 17.0 Å². The Morgan fingerprint density at radius 3 is 2.64 bits per heavy atom. The third-order valence-electron chi connectivity index (χ3n) is 4.03. The second kappa shape index (κ2) is 7.64. The molecule has 1 amide bonds. The molecule has 0 radical (unpaired) electrons. The number of amides is 1. The highest BCUT2D eigenvalue weighted by atomic mass is 16.6. The van der Waals surface area contributed by atoms with Gasteiger partial charge in [0.05, 0.1) is 12.9 Å². The average Bonchev–Trinajstić information content (AvgIpc) is 3.03. The number of carbonyl (C=O) groups is 1. The van der Waals surface area contributed by atoms with Crippen LogP contribution in [0.4, 0.5) is 10.6 Å². The molecule has 0 unspecified atom stereocenters. The minimum Gasteiger partial charge on any atom is -0.449 e. The predicted molar refractivity (Wildman–Crippen MR) is 92.3 cm³/mol. The summed E-state index contributed by atoms with van der Waals surface area (Å²) in [6.45, 7) is 7.44. The van der Waals surface area contributed by atoms with E-state index in [0.29, 0.717) is 45.4 Å². The van der Waals surface area contributed by atoms with Crippen molar-refractivity contribution in [1.82, 2.24) is 24.4 Å². The van der Waals surface area contributed by atoms with Crippen LogP contribution in [0.5, 0.6) is 0 Å². The zero-order valence-electron chi connectivity index (χ0n) is 14.9. The van der Waals surface area contributed by atoms with Gasteiger partial charge in [-0.2, -0.15) is 0 Å². The Kier molecular flexibility index (Phi) is 5.32. The number of nitrogens with zero attached hydrogens (tertiary/aromatic N) is 6. The molecule has 0 saturated carbocycles. The van der Waals surface area contributed by atoms with Gasteiger partial charge in [-0.15, -0.1) is 0 Å². The molecule has 1 saturated heterocycles. The third-order valence-corrected chi connectivity index (χ3v) is 4.03. The number of fused-ring (bicyclic) bond motifs is 1. The molecular formula is C16H24N6O3. The first-order valence-corrected chi connectivity index (χ1v) is 8.41. The Balaban J connectivity index is 1.67. The summed E-state index contributed by atoms with van der Waals surface area (Å²) in [6.07, 6.45) is 2.99. The molecule has 1 aliphatic rings. The summed E-state index contributed by atoms with van der Waals surface area (Å²) in [5.74, 6) is 1.12. The molecule has 1 fully saturated rings. The highest BCUT2D eigenvalue weighted by molar-refractivity contribution is 5.83. The Labute approximate surface area is 146 Å². The summed E-state index contributed by atoms with van der Waals surface area (Å²) in [6, 6.07) is 0. The van der Waals surface area contributed by atoms with E-state index < -0.39 is 0 Å². The van der Waals surface area contributed by atoms with Gasteiger partial charge in [-0.3, -0.25) is 4.57 Å². The smallest absolute Gasteiger partial charge is 0.409 e. The van der Waals surface area contributed by atoms with Crippen LogP contribution in [-0.4, -0.2) is 70.4 Å². The van der Waals surface area contributed by atoms with Crippen molar-refractivity contribution in [1.29, 1.82) is 0 Å². The van der Waals surface area contributed by atoms with Gasteiger partial charge in [0.1, 0.15) is 13.1 Å². The van der Waals surface area contributed by atoms with Crippen molar-refractivity contribution >= 4 is 23.1 Å². The fourth-order valence-corrected chi connectivity index (χ4v) is 2.76. The number of aromatic nitrogens is 4. The highest BCUT2D eigenvalue weighted by Gasteiger charge is 2.25. The fraction of sp³-hybridized carbons (Fsp3) is 0.625. The molecule has 0 spiro atoms. The van der Waals surface area contributed by atoms with E-state index in [-0.39, 0.29) is 6.09 Å². The molecule has 2 aromatic heterocycles. The first-order chi connectivity index (χ1) is 12.1. The number of hydrogen-bond acceptors (Lipinski definition) is 7. The summed E-state index contributed by atoms with van der Waals surface area (Å²) in [4.78, 5) is 29.0. The van der Waals surface area contributed by atoms with Crippen molar-refractivity contribution < 1.29 is 14.3 Å². The molecule has 0 aromatic carbocycles. The van der Waals surface area contributed by atoms with Gasteiger partial charge in [0.25, 0.3) is 0 Å². The summed E-state index contributed by atoms with van der Waals surface area (Å²) in [5, 5.41) is 0. The second-order valence-corrected chi connectivity index (χ2v) is 6.45. The van der Waals surface area contributed by atoms with Crippen LogP contribution in [0.25, 0.3) is 11.2 Å². The maximum Gasteiger partial charge on any atom is 0.409 e. The van der Waals surface area contributed by atoms with Crippen LogP contribution in [0.15, 0.2) is 12.7 Å². The monoisotopic (exact) mass is 348 g/mol. The van der Waals surface area contributed by atoms with Crippen molar-refractivity contribution in [3.8, 4) is 0 Å². The Hall–Kier alpha value is -2.42. The first kappa shape index (κ1) is 17.4. The Morgan fingerprint density at radius 2 is 1.96 bits per heavy atom. The number of piperazine rings is 1. The lowest BCUT2D eigenvalue weighted by Gasteiger charge is -2.34.